The van der Waals surface area contributed by atoms with Crippen molar-refractivity contribution in [3.8, 4) is 0 Å². The Morgan fingerprint density at radius 1 is 1.17 bits per heavy atom. The first kappa shape index (κ1) is 22.6. The Morgan fingerprint density at radius 2 is 1.93 bits per heavy atom. The number of fused-ring (bicyclic) bond motifs is 1. The quantitative estimate of drug-likeness (QED) is 0.672. The Labute approximate surface area is 176 Å². The normalized spacial score (nSPS) is 12.3. The molecule has 29 heavy (non-hydrogen) atoms. The Hall–Kier alpha value is -2.64. The lowest BCUT2D eigenvalue weighted by atomic mass is 9.99. The van der Waals surface area contributed by atoms with Crippen molar-refractivity contribution in [2.24, 2.45) is 0 Å². The lowest BCUT2D eigenvalue weighted by molar-refractivity contribution is -0.116. The Morgan fingerprint density at radius 3 is 2.69 bits per heavy atom. The summed E-state index contributed by atoms with van der Waals surface area (Å²) in [4.78, 5) is 25.8. The van der Waals surface area contributed by atoms with Gasteiger partial charge in [-0.15, -0.1) is 12.4 Å². The molecule has 3 amide bonds. The number of rotatable bonds is 6. The molecule has 1 heterocycles. The fourth-order valence-corrected chi connectivity index (χ4v) is 3.19. The van der Waals surface area contributed by atoms with Crippen molar-refractivity contribution in [1.82, 2.24) is 15.5 Å². The summed E-state index contributed by atoms with van der Waals surface area (Å²) in [5, 5.41) is 8.50. The fraction of sp³-hybridized carbons (Fsp3) is 0.333. The number of urea groups is 1. The van der Waals surface area contributed by atoms with E-state index < -0.39 is 0 Å². The minimum absolute atomic E-state index is 0. The van der Waals surface area contributed by atoms with Crippen LogP contribution in [0.3, 0.4) is 0 Å². The molecule has 0 aromatic heterocycles. The van der Waals surface area contributed by atoms with Crippen molar-refractivity contribution in [1.29, 1.82) is 0 Å². The van der Waals surface area contributed by atoms with Gasteiger partial charge in [0.25, 0.3) is 0 Å². The predicted octanol–water partition coefficient (Wildman–Crippen LogP) is 3.06. The van der Waals surface area contributed by atoms with E-state index in [4.69, 9.17) is 0 Å². The number of hydrogen-bond acceptors (Lipinski definition) is 3. The van der Waals surface area contributed by atoms with Crippen LogP contribution in [0.5, 0.6) is 0 Å². The van der Waals surface area contributed by atoms with Crippen molar-refractivity contribution in [3.63, 3.8) is 0 Å². The topological polar surface area (TPSA) is 73.5 Å². The molecule has 1 aliphatic rings. The van der Waals surface area contributed by atoms with Crippen LogP contribution in [0, 0.1) is 5.82 Å². The first-order chi connectivity index (χ1) is 13.5. The monoisotopic (exact) mass is 420 g/mol. The maximum atomic E-state index is 14.6. The van der Waals surface area contributed by atoms with Crippen molar-refractivity contribution in [3.05, 3.63) is 65.0 Å². The number of benzene rings is 2. The van der Waals surface area contributed by atoms with E-state index in [1.54, 1.807) is 18.0 Å². The summed E-state index contributed by atoms with van der Waals surface area (Å²) in [7, 11) is 1.69. The van der Waals surface area contributed by atoms with Crippen LogP contribution in [-0.2, 0) is 24.3 Å². The van der Waals surface area contributed by atoms with Gasteiger partial charge in [0.2, 0.25) is 5.91 Å². The van der Waals surface area contributed by atoms with Gasteiger partial charge >= 0.3 is 6.03 Å². The fourth-order valence-electron chi connectivity index (χ4n) is 3.19. The average Bonchev–Trinajstić information content (AvgIpc) is 2.71. The van der Waals surface area contributed by atoms with Crippen molar-refractivity contribution < 1.29 is 14.0 Å². The third-order valence-corrected chi connectivity index (χ3v) is 4.72. The number of carbonyl (C=O) groups excluding carboxylic acids is 2. The molecule has 1 aliphatic heterocycles. The largest absolute Gasteiger partial charge is 0.337 e. The van der Waals surface area contributed by atoms with E-state index >= 15 is 0 Å². The Bertz CT molecular complexity index is 848. The molecule has 2 aromatic carbocycles. The van der Waals surface area contributed by atoms with Gasteiger partial charge in [-0.05, 0) is 35.7 Å². The van der Waals surface area contributed by atoms with E-state index in [-0.39, 0.29) is 48.8 Å². The highest BCUT2D eigenvalue weighted by atomic mass is 35.5. The lowest BCUT2D eigenvalue weighted by Crippen LogP contribution is -2.38. The van der Waals surface area contributed by atoms with Gasteiger partial charge < -0.3 is 20.9 Å². The molecule has 0 bridgehead atoms. The maximum Gasteiger partial charge on any atom is 0.317 e. The van der Waals surface area contributed by atoms with Crippen LogP contribution in [0.2, 0.25) is 0 Å². The molecule has 0 radical (unpaired) electrons. The van der Waals surface area contributed by atoms with Gasteiger partial charge in [-0.2, -0.15) is 0 Å². The van der Waals surface area contributed by atoms with Gasteiger partial charge in [0.05, 0.1) is 5.69 Å². The van der Waals surface area contributed by atoms with E-state index in [0.29, 0.717) is 25.1 Å². The van der Waals surface area contributed by atoms with E-state index in [9.17, 15) is 14.0 Å². The molecule has 6 nitrogen and oxygen atoms in total. The summed E-state index contributed by atoms with van der Waals surface area (Å²) in [6.45, 7) is 2.03. The molecule has 3 rings (SSSR count). The zero-order valence-corrected chi connectivity index (χ0v) is 17.2. The first-order valence-electron chi connectivity index (χ1n) is 9.38. The Kier molecular flexibility index (Phi) is 8.42. The van der Waals surface area contributed by atoms with Crippen molar-refractivity contribution in [2.45, 2.75) is 25.9 Å². The van der Waals surface area contributed by atoms with Crippen LogP contribution in [-0.4, -0.2) is 37.0 Å². The standard InChI is InChI=1S/C21H25FN4O2.ClH/c1-26(14-15-5-3-2-4-6-15)21(28)24-12-10-19(27)25-18-8-7-16-13-23-11-9-17(16)20(18)22;/h2-8,23H,9-14H2,1H3,(H,24,28)(H,25,27);1H. The number of anilines is 1. The number of nitrogens with zero attached hydrogens (tertiary/aromatic N) is 1. The van der Waals surface area contributed by atoms with Crippen molar-refractivity contribution in [2.75, 3.05) is 25.5 Å². The maximum absolute atomic E-state index is 14.6. The smallest absolute Gasteiger partial charge is 0.317 e. The van der Waals surface area contributed by atoms with Gasteiger partial charge in [0.1, 0.15) is 5.82 Å². The molecule has 0 atom stereocenters. The second-order valence-corrected chi connectivity index (χ2v) is 6.86. The van der Waals surface area contributed by atoms with Crippen LogP contribution in [0.1, 0.15) is 23.1 Å². The SMILES string of the molecule is CN(Cc1ccccc1)C(=O)NCCC(=O)Nc1ccc2c(c1F)CCNC2.Cl. The average molecular weight is 421 g/mol. The molecule has 0 fully saturated rings. The molecule has 156 valence electrons. The molecule has 0 spiro atoms. The van der Waals surface area contributed by atoms with Crippen LogP contribution < -0.4 is 16.0 Å². The second kappa shape index (κ2) is 10.8. The van der Waals surface area contributed by atoms with Gasteiger partial charge in [0.15, 0.2) is 0 Å². The number of hydrogen-bond donors (Lipinski definition) is 3. The molecule has 0 saturated heterocycles. The molecule has 0 saturated carbocycles. The summed E-state index contributed by atoms with van der Waals surface area (Å²) >= 11 is 0. The molecule has 8 heteroatoms. The summed E-state index contributed by atoms with van der Waals surface area (Å²) in [5.41, 5.74) is 2.80. The molecule has 3 N–H and O–H groups in total. The third kappa shape index (κ3) is 6.17. The Balaban J connectivity index is 0.00000300. The van der Waals surface area contributed by atoms with Crippen LogP contribution in [0.15, 0.2) is 42.5 Å². The summed E-state index contributed by atoms with van der Waals surface area (Å²) < 4.78 is 14.6. The van der Waals surface area contributed by atoms with Crippen LogP contribution >= 0.6 is 12.4 Å². The molecular weight excluding hydrogens is 395 g/mol. The lowest BCUT2D eigenvalue weighted by Gasteiger charge is -2.20. The summed E-state index contributed by atoms with van der Waals surface area (Å²) in [6, 6.07) is 12.8. The first-order valence-corrected chi connectivity index (χ1v) is 9.38. The highest BCUT2D eigenvalue weighted by Gasteiger charge is 2.17. The highest BCUT2D eigenvalue weighted by molar-refractivity contribution is 5.91. The zero-order valence-electron chi connectivity index (χ0n) is 16.3. The highest BCUT2D eigenvalue weighted by Crippen LogP contribution is 2.24. The predicted molar refractivity (Wildman–Crippen MR) is 114 cm³/mol. The second-order valence-electron chi connectivity index (χ2n) is 6.86. The van der Waals surface area contributed by atoms with E-state index in [0.717, 1.165) is 17.7 Å². The van der Waals surface area contributed by atoms with E-state index in [2.05, 4.69) is 16.0 Å². The van der Waals surface area contributed by atoms with Crippen LogP contribution in [0.25, 0.3) is 0 Å². The van der Waals surface area contributed by atoms with Gasteiger partial charge in [0, 0.05) is 33.1 Å². The number of halogens is 2. The third-order valence-electron chi connectivity index (χ3n) is 4.72. The number of amides is 3. The van der Waals surface area contributed by atoms with E-state index in [1.165, 1.54) is 0 Å². The summed E-state index contributed by atoms with van der Waals surface area (Å²) in [6.07, 6.45) is 0.678. The molecule has 0 unspecified atom stereocenters. The van der Waals surface area contributed by atoms with E-state index in [1.807, 2.05) is 36.4 Å². The molecule has 2 aromatic rings. The number of nitrogens with one attached hydrogen (secondary N) is 3. The van der Waals surface area contributed by atoms with Gasteiger partial charge in [-0.25, -0.2) is 9.18 Å². The molecule has 0 aliphatic carbocycles. The van der Waals surface area contributed by atoms with Crippen molar-refractivity contribution >= 4 is 30.0 Å². The van der Waals surface area contributed by atoms with Crippen LogP contribution in [0.4, 0.5) is 14.9 Å². The zero-order chi connectivity index (χ0) is 19.9. The van der Waals surface area contributed by atoms with Gasteiger partial charge in [-0.1, -0.05) is 36.4 Å². The molecular formula is C21H26ClFN4O2. The number of carbonyl (C=O) groups is 2. The van der Waals surface area contributed by atoms with Gasteiger partial charge in [-0.3, -0.25) is 4.79 Å². The minimum Gasteiger partial charge on any atom is -0.337 e. The minimum atomic E-state index is -0.362. The summed E-state index contributed by atoms with van der Waals surface area (Å²) in [5.74, 6) is -0.697.